The Balaban J connectivity index is 2.93. The SMILES string of the molecule is CC(Cl)C[Si]C(C)C. The van der Waals surface area contributed by atoms with Crippen molar-refractivity contribution >= 4 is 21.1 Å². The molecule has 0 aliphatic rings. The first-order valence-corrected chi connectivity index (χ1v) is 4.72. The summed E-state index contributed by atoms with van der Waals surface area (Å²) in [6, 6.07) is 1.18. The van der Waals surface area contributed by atoms with Crippen molar-refractivity contribution in [3.63, 3.8) is 0 Å². The van der Waals surface area contributed by atoms with E-state index in [0.717, 1.165) is 15.1 Å². The summed E-state index contributed by atoms with van der Waals surface area (Å²) in [6.45, 7) is 6.52. The zero-order valence-electron chi connectivity index (χ0n) is 5.74. The van der Waals surface area contributed by atoms with Crippen LogP contribution in [-0.4, -0.2) is 14.9 Å². The molecule has 1 atom stereocenters. The molecule has 1 unspecified atom stereocenters. The molecule has 0 bridgehead atoms. The molecule has 0 amide bonds. The minimum Gasteiger partial charge on any atom is -0.124 e. The van der Waals surface area contributed by atoms with Crippen LogP contribution in [0.1, 0.15) is 20.8 Å². The van der Waals surface area contributed by atoms with Crippen molar-refractivity contribution < 1.29 is 0 Å². The van der Waals surface area contributed by atoms with Crippen LogP contribution in [0.5, 0.6) is 0 Å². The van der Waals surface area contributed by atoms with Crippen molar-refractivity contribution in [2.24, 2.45) is 0 Å². The van der Waals surface area contributed by atoms with Gasteiger partial charge >= 0.3 is 0 Å². The second-order valence-electron chi connectivity index (χ2n) is 2.34. The van der Waals surface area contributed by atoms with Crippen LogP contribution in [-0.2, 0) is 0 Å². The summed E-state index contributed by atoms with van der Waals surface area (Å²) < 4.78 is 0. The average molecular weight is 149 g/mol. The van der Waals surface area contributed by atoms with E-state index >= 15 is 0 Å². The van der Waals surface area contributed by atoms with Gasteiger partial charge in [-0.15, -0.1) is 11.6 Å². The molecular formula is C6H13ClSi. The molecule has 0 saturated carbocycles. The Morgan fingerprint density at radius 1 is 1.38 bits per heavy atom. The predicted octanol–water partition coefficient (Wildman–Crippen LogP) is 2.56. The highest BCUT2D eigenvalue weighted by Gasteiger charge is 1.98. The second kappa shape index (κ2) is 4.39. The lowest BCUT2D eigenvalue weighted by Crippen LogP contribution is -2.00. The summed E-state index contributed by atoms with van der Waals surface area (Å²) in [5.74, 6) is 0. The minimum atomic E-state index is 0.371. The van der Waals surface area contributed by atoms with E-state index in [1.54, 1.807) is 0 Å². The topological polar surface area (TPSA) is 0 Å². The maximum Gasteiger partial charge on any atom is 0.0422 e. The molecule has 0 aromatic rings. The van der Waals surface area contributed by atoms with Crippen LogP contribution in [0.3, 0.4) is 0 Å². The molecule has 0 rings (SSSR count). The molecule has 8 heavy (non-hydrogen) atoms. The third-order valence-corrected chi connectivity index (χ3v) is 2.89. The van der Waals surface area contributed by atoms with Crippen molar-refractivity contribution in [1.82, 2.24) is 0 Å². The molecule has 0 saturated heterocycles. The van der Waals surface area contributed by atoms with Crippen LogP contribution in [0.2, 0.25) is 11.6 Å². The highest BCUT2D eigenvalue weighted by Crippen LogP contribution is 2.06. The zero-order chi connectivity index (χ0) is 6.57. The van der Waals surface area contributed by atoms with E-state index in [2.05, 4.69) is 20.8 Å². The lowest BCUT2D eigenvalue weighted by atomic mass is 10.5. The van der Waals surface area contributed by atoms with Gasteiger partial charge in [0.15, 0.2) is 0 Å². The number of rotatable bonds is 3. The van der Waals surface area contributed by atoms with Gasteiger partial charge in [-0.1, -0.05) is 19.4 Å². The van der Waals surface area contributed by atoms with E-state index in [4.69, 9.17) is 11.6 Å². The van der Waals surface area contributed by atoms with Gasteiger partial charge in [0.2, 0.25) is 0 Å². The number of hydrogen-bond donors (Lipinski definition) is 0. The first-order valence-electron chi connectivity index (χ1n) is 3.00. The van der Waals surface area contributed by atoms with Crippen LogP contribution < -0.4 is 0 Å². The summed E-state index contributed by atoms with van der Waals surface area (Å²) >= 11 is 5.73. The molecular weight excluding hydrogens is 136 g/mol. The second-order valence-corrected chi connectivity index (χ2v) is 5.06. The first kappa shape index (κ1) is 8.51. The monoisotopic (exact) mass is 148 g/mol. The van der Waals surface area contributed by atoms with E-state index in [0.29, 0.717) is 5.38 Å². The van der Waals surface area contributed by atoms with Crippen LogP contribution >= 0.6 is 11.6 Å². The van der Waals surface area contributed by atoms with Crippen LogP contribution in [0.4, 0.5) is 0 Å². The maximum absolute atomic E-state index is 5.73. The fraction of sp³-hybridized carbons (Fsp3) is 1.00. The molecule has 0 fully saturated rings. The predicted molar refractivity (Wildman–Crippen MR) is 41.0 cm³/mol. The Morgan fingerprint density at radius 2 is 1.88 bits per heavy atom. The quantitative estimate of drug-likeness (QED) is 0.427. The van der Waals surface area contributed by atoms with Crippen molar-refractivity contribution in [2.45, 2.75) is 37.7 Å². The summed E-state index contributed by atoms with van der Waals surface area (Å²) in [7, 11) is 1.04. The Morgan fingerprint density at radius 3 is 2.00 bits per heavy atom. The van der Waals surface area contributed by atoms with Crippen LogP contribution in [0, 0.1) is 0 Å². The van der Waals surface area contributed by atoms with E-state index in [1.165, 1.54) is 6.04 Å². The van der Waals surface area contributed by atoms with Crippen LogP contribution in [0.25, 0.3) is 0 Å². The Labute approximate surface area is 59.4 Å². The largest absolute Gasteiger partial charge is 0.124 e. The van der Waals surface area contributed by atoms with Crippen molar-refractivity contribution in [2.75, 3.05) is 0 Å². The third kappa shape index (κ3) is 6.51. The molecule has 2 heteroatoms. The van der Waals surface area contributed by atoms with Crippen molar-refractivity contribution in [3.05, 3.63) is 0 Å². The number of halogens is 1. The highest BCUT2D eigenvalue weighted by atomic mass is 35.5. The Kier molecular flexibility index (Phi) is 4.67. The van der Waals surface area contributed by atoms with Gasteiger partial charge in [-0.2, -0.15) is 0 Å². The highest BCUT2D eigenvalue weighted by molar-refractivity contribution is 6.40. The van der Waals surface area contributed by atoms with Gasteiger partial charge in [0.1, 0.15) is 0 Å². The fourth-order valence-corrected chi connectivity index (χ4v) is 1.46. The number of alkyl halides is 1. The average Bonchev–Trinajstić information content (AvgIpc) is 1.61. The van der Waals surface area contributed by atoms with E-state index in [9.17, 15) is 0 Å². The van der Waals surface area contributed by atoms with Crippen LogP contribution in [0.15, 0.2) is 0 Å². The maximum atomic E-state index is 5.73. The normalized spacial score (nSPS) is 14.6. The van der Waals surface area contributed by atoms with Crippen molar-refractivity contribution in [1.29, 1.82) is 0 Å². The summed E-state index contributed by atoms with van der Waals surface area (Å²) in [5, 5.41) is 0.371. The lowest BCUT2D eigenvalue weighted by molar-refractivity contribution is 1.00. The minimum absolute atomic E-state index is 0.371. The van der Waals surface area contributed by atoms with E-state index in [-0.39, 0.29) is 0 Å². The van der Waals surface area contributed by atoms with Gasteiger partial charge in [0.05, 0.1) is 0 Å². The number of hydrogen-bond acceptors (Lipinski definition) is 0. The molecule has 0 nitrogen and oxygen atoms in total. The zero-order valence-corrected chi connectivity index (χ0v) is 7.50. The lowest BCUT2D eigenvalue weighted by Gasteiger charge is -2.02. The molecule has 0 aromatic heterocycles. The molecule has 0 aliphatic heterocycles. The Hall–Kier alpha value is 0.507. The first-order chi connectivity index (χ1) is 3.63. The van der Waals surface area contributed by atoms with Gasteiger partial charge in [0, 0.05) is 14.9 Å². The summed E-state index contributed by atoms with van der Waals surface area (Å²) in [4.78, 5) is 0. The standard InChI is InChI=1S/C6H13ClSi/c1-5(2)8-4-6(3)7/h5-6H,4H2,1-3H3. The molecule has 0 N–H and O–H groups in total. The van der Waals surface area contributed by atoms with Gasteiger partial charge in [-0.05, 0) is 13.0 Å². The van der Waals surface area contributed by atoms with E-state index in [1.807, 2.05) is 0 Å². The van der Waals surface area contributed by atoms with Gasteiger partial charge in [-0.25, -0.2) is 0 Å². The molecule has 0 aliphatic carbocycles. The summed E-state index contributed by atoms with van der Waals surface area (Å²) in [5.41, 5.74) is 0.830. The molecule has 0 aromatic carbocycles. The van der Waals surface area contributed by atoms with E-state index < -0.39 is 0 Å². The Bertz CT molecular complexity index is 44.5. The summed E-state index contributed by atoms with van der Waals surface area (Å²) in [6.07, 6.45) is 0. The fourth-order valence-electron chi connectivity index (χ4n) is 0.398. The molecule has 2 radical (unpaired) electrons. The smallest absolute Gasteiger partial charge is 0.0422 e. The van der Waals surface area contributed by atoms with Gasteiger partial charge in [0.25, 0.3) is 0 Å². The molecule has 0 spiro atoms. The van der Waals surface area contributed by atoms with Gasteiger partial charge < -0.3 is 0 Å². The molecule has 48 valence electrons. The molecule has 0 heterocycles. The third-order valence-electron chi connectivity index (χ3n) is 0.807. The van der Waals surface area contributed by atoms with Crippen molar-refractivity contribution in [3.8, 4) is 0 Å². The van der Waals surface area contributed by atoms with Gasteiger partial charge in [-0.3, -0.25) is 0 Å².